The van der Waals surface area contributed by atoms with Crippen LogP contribution < -0.4 is 5.32 Å². The Bertz CT molecular complexity index is 870. The fraction of sp³-hybridized carbons (Fsp3) is 0.640. The molecule has 5 heteroatoms. The summed E-state index contributed by atoms with van der Waals surface area (Å²) in [6.07, 6.45) is 8.88. The molecule has 4 bridgehead atoms. The molecule has 1 N–H and O–H groups in total. The molecule has 30 heavy (non-hydrogen) atoms. The molecule has 5 nitrogen and oxygen atoms in total. The Morgan fingerprint density at radius 2 is 1.67 bits per heavy atom. The summed E-state index contributed by atoms with van der Waals surface area (Å²) in [5, 5.41) is 3.28. The average molecular weight is 409 g/mol. The van der Waals surface area contributed by atoms with E-state index in [2.05, 4.69) is 12.2 Å². The van der Waals surface area contributed by atoms with Crippen molar-refractivity contribution in [3.8, 4) is 0 Å². The van der Waals surface area contributed by atoms with Crippen LogP contribution in [0.2, 0.25) is 0 Å². The van der Waals surface area contributed by atoms with E-state index in [1.54, 1.807) is 12.1 Å². The lowest BCUT2D eigenvalue weighted by atomic mass is 9.48. The zero-order chi connectivity index (χ0) is 21.0. The third-order valence-electron chi connectivity index (χ3n) is 8.29. The summed E-state index contributed by atoms with van der Waals surface area (Å²) < 4.78 is 0. The maximum Gasteiger partial charge on any atom is 0.261 e. The molecular formula is C25H32N2O3. The maximum atomic E-state index is 12.6. The predicted octanol–water partition coefficient (Wildman–Crippen LogP) is 4.09. The highest BCUT2D eigenvalue weighted by Crippen LogP contribution is 2.61. The number of hydrogen-bond acceptors (Lipinski definition) is 3. The first-order valence-corrected chi connectivity index (χ1v) is 11.6. The third kappa shape index (κ3) is 3.27. The van der Waals surface area contributed by atoms with Gasteiger partial charge in [0.25, 0.3) is 11.8 Å². The highest BCUT2D eigenvalue weighted by Gasteiger charge is 2.53. The third-order valence-corrected chi connectivity index (χ3v) is 8.29. The van der Waals surface area contributed by atoms with Crippen LogP contribution in [0.25, 0.3) is 0 Å². The summed E-state index contributed by atoms with van der Waals surface area (Å²) in [5.41, 5.74) is 2.23. The molecular weight excluding hydrogens is 376 g/mol. The van der Waals surface area contributed by atoms with E-state index in [0.29, 0.717) is 35.9 Å². The van der Waals surface area contributed by atoms with Crippen LogP contribution in [0.15, 0.2) is 18.2 Å². The summed E-state index contributed by atoms with van der Waals surface area (Å²) in [5.74, 6) is 2.18. The summed E-state index contributed by atoms with van der Waals surface area (Å²) in [4.78, 5) is 39.1. The van der Waals surface area contributed by atoms with Crippen LogP contribution >= 0.6 is 0 Å². The summed E-state index contributed by atoms with van der Waals surface area (Å²) >= 11 is 0. The number of carbonyl (C=O) groups is 3. The number of aryl methyl sites for hydroxylation is 1. The largest absolute Gasteiger partial charge is 0.353 e. The van der Waals surface area contributed by atoms with Gasteiger partial charge in [0.15, 0.2) is 0 Å². The number of hydrogen-bond donors (Lipinski definition) is 1. The van der Waals surface area contributed by atoms with Crippen molar-refractivity contribution in [3.05, 3.63) is 34.9 Å². The molecule has 4 fully saturated rings. The van der Waals surface area contributed by atoms with Gasteiger partial charge in [-0.05, 0) is 94.1 Å². The molecule has 0 aromatic heterocycles. The van der Waals surface area contributed by atoms with Gasteiger partial charge in [-0.1, -0.05) is 11.6 Å². The summed E-state index contributed by atoms with van der Waals surface area (Å²) in [6, 6.07) is 5.56. The molecule has 1 aromatic carbocycles. The zero-order valence-electron chi connectivity index (χ0n) is 18.1. The number of nitrogens with zero attached hydrogens (tertiary/aromatic N) is 1. The number of carbonyl (C=O) groups excluding carboxylic acids is 3. The first-order valence-electron chi connectivity index (χ1n) is 11.6. The fourth-order valence-corrected chi connectivity index (χ4v) is 7.18. The quantitative estimate of drug-likeness (QED) is 0.721. The average Bonchev–Trinajstić information content (AvgIpc) is 2.91. The highest BCUT2D eigenvalue weighted by molar-refractivity contribution is 6.21. The van der Waals surface area contributed by atoms with Gasteiger partial charge in [-0.15, -0.1) is 0 Å². The molecule has 6 rings (SSSR count). The topological polar surface area (TPSA) is 66.5 Å². The summed E-state index contributed by atoms with van der Waals surface area (Å²) in [6.45, 7) is 4.40. The van der Waals surface area contributed by atoms with E-state index in [1.165, 1.54) is 43.4 Å². The molecule has 4 aliphatic carbocycles. The molecule has 1 heterocycles. The molecule has 0 saturated heterocycles. The normalized spacial score (nSPS) is 32.5. The highest BCUT2D eigenvalue weighted by atomic mass is 16.2. The van der Waals surface area contributed by atoms with Crippen molar-refractivity contribution in [2.75, 3.05) is 6.54 Å². The van der Waals surface area contributed by atoms with Gasteiger partial charge in [0.05, 0.1) is 11.1 Å². The molecule has 1 aromatic rings. The van der Waals surface area contributed by atoms with Crippen molar-refractivity contribution in [2.45, 2.75) is 71.3 Å². The van der Waals surface area contributed by atoms with Crippen LogP contribution in [0, 0.1) is 30.1 Å². The van der Waals surface area contributed by atoms with E-state index in [-0.39, 0.29) is 23.8 Å². The monoisotopic (exact) mass is 408 g/mol. The van der Waals surface area contributed by atoms with Crippen LogP contribution in [0.3, 0.4) is 0 Å². The Kier molecular flexibility index (Phi) is 4.75. The number of nitrogens with one attached hydrogen (secondary N) is 1. The molecule has 0 radical (unpaired) electrons. The fourth-order valence-electron chi connectivity index (χ4n) is 7.18. The Balaban J connectivity index is 1.14. The lowest BCUT2D eigenvalue weighted by Gasteiger charge is -2.59. The van der Waals surface area contributed by atoms with Crippen molar-refractivity contribution in [2.24, 2.45) is 23.2 Å². The predicted molar refractivity (Wildman–Crippen MR) is 114 cm³/mol. The van der Waals surface area contributed by atoms with E-state index in [4.69, 9.17) is 0 Å². The Morgan fingerprint density at radius 3 is 2.30 bits per heavy atom. The van der Waals surface area contributed by atoms with Gasteiger partial charge >= 0.3 is 0 Å². The molecule has 3 amide bonds. The van der Waals surface area contributed by atoms with E-state index in [9.17, 15) is 14.4 Å². The molecule has 5 aliphatic rings. The minimum absolute atomic E-state index is 0.0469. The van der Waals surface area contributed by atoms with E-state index in [0.717, 1.165) is 23.3 Å². The SMILES string of the molecule is Cc1ccc2c(c1)C(=O)N(CCCC(=O)NC(C)C13CC4CC(CC(C4)C1)C3)C2=O. The zero-order valence-corrected chi connectivity index (χ0v) is 18.1. The van der Waals surface area contributed by atoms with Crippen molar-refractivity contribution in [1.82, 2.24) is 10.2 Å². The van der Waals surface area contributed by atoms with Crippen molar-refractivity contribution in [3.63, 3.8) is 0 Å². The first kappa shape index (κ1) is 19.8. The second kappa shape index (κ2) is 7.21. The number of fused-ring (bicyclic) bond motifs is 1. The number of rotatable bonds is 6. The van der Waals surface area contributed by atoms with Crippen LogP contribution in [-0.2, 0) is 4.79 Å². The molecule has 1 aliphatic heterocycles. The molecule has 1 atom stereocenters. The van der Waals surface area contributed by atoms with Crippen molar-refractivity contribution >= 4 is 17.7 Å². The lowest BCUT2D eigenvalue weighted by Crippen LogP contribution is -2.55. The summed E-state index contributed by atoms with van der Waals surface area (Å²) in [7, 11) is 0. The first-order chi connectivity index (χ1) is 14.3. The molecule has 0 spiro atoms. The van der Waals surface area contributed by atoms with Crippen molar-refractivity contribution in [1.29, 1.82) is 0 Å². The minimum Gasteiger partial charge on any atom is -0.353 e. The van der Waals surface area contributed by atoms with Crippen LogP contribution in [0.4, 0.5) is 0 Å². The van der Waals surface area contributed by atoms with Gasteiger partial charge < -0.3 is 5.32 Å². The maximum absolute atomic E-state index is 12.6. The second-order valence-corrected chi connectivity index (χ2v) is 10.5. The Morgan fingerprint density at radius 1 is 1.07 bits per heavy atom. The Hall–Kier alpha value is -2.17. The van der Waals surface area contributed by atoms with Gasteiger partial charge in [0, 0.05) is 19.0 Å². The van der Waals surface area contributed by atoms with Crippen LogP contribution in [-0.4, -0.2) is 35.2 Å². The van der Waals surface area contributed by atoms with Crippen LogP contribution in [0.1, 0.15) is 84.6 Å². The molecule has 1 unspecified atom stereocenters. The van der Waals surface area contributed by atoms with Gasteiger partial charge in [0.2, 0.25) is 5.91 Å². The number of amides is 3. The molecule has 4 saturated carbocycles. The van der Waals surface area contributed by atoms with Gasteiger partial charge in [0.1, 0.15) is 0 Å². The Labute approximate surface area is 178 Å². The minimum atomic E-state index is -0.239. The van der Waals surface area contributed by atoms with E-state index < -0.39 is 0 Å². The lowest BCUT2D eigenvalue weighted by molar-refractivity contribution is -0.126. The standard InChI is InChI=1S/C25H32N2O3/c1-15-5-6-20-21(8-15)24(30)27(23(20)29)7-3-4-22(28)26-16(2)25-12-17-9-18(13-25)11-19(10-17)14-25/h5-6,8,16-19H,3-4,7,9-14H2,1-2H3,(H,26,28). The number of imide groups is 1. The molecule has 160 valence electrons. The smallest absolute Gasteiger partial charge is 0.261 e. The van der Waals surface area contributed by atoms with Gasteiger partial charge in [-0.25, -0.2) is 0 Å². The number of benzene rings is 1. The van der Waals surface area contributed by atoms with Crippen molar-refractivity contribution < 1.29 is 14.4 Å². The van der Waals surface area contributed by atoms with Gasteiger partial charge in [-0.3, -0.25) is 19.3 Å². The van der Waals surface area contributed by atoms with E-state index >= 15 is 0 Å². The van der Waals surface area contributed by atoms with E-state index in [1.807, 2.05) is 13.0 Å². The second-order valence-electron chi connectivity index (χ2n) is 10.5. The van der Waals surface area contributed by atoms with Gasteiger partial charge in [-0.2, -0.15) is 0 Å². The van der Waals surface area contributed by atoms with Crippen LogP contribution in [0.5, 0.6) is 0 Å².